The number of ether oxygens (including phenoxy) is 2. The summed E-state index contributed by atoms with van der Waals surface area (Å²) in [6.07, 6.45) is 2.30. The molecule has 1 aliphatic rings. The number of pyridine rings is 2. The Labute approximate surface area is 250 Å². The topological polar surface area (TPSA) is 135 Å². The van der Waals surface area contributed by atoms with E-state index in [-0.39, 0.29) is 23.2 Å². The highest BCUT2D eigenvalue weighted by Crippen LogP contribution is 2.53. The first kappa shape index (κ1) is 30.3. The van der Waals surface area contributed by atoms with E-state index in [1.165, 1.54) is 0 Å². The van der Waals surface area contributed by atoms with E-state index >= 15 is 4.39 Å². The van der Waals surface area contributed by atoms with E-state index in [4.69, 9.17) is 20.9 Å². The van der Waals surface area contributed by atoms with E-state index in [0.29, 0.717) is 24.0 Å². The molecule has 3 heterocycles. The van der Waals surface area contributed by atoms with E-state index in [1.54, 1.807) is 50.6 Å². The molecule has 1 aliphatic carbocycles. The van der Waals surface area contributed by atoms with Crippen molar-refractivity contribution >= 4 is 45.4 Å². The molecule has 4 aromatic rings. The smallest absolute Gasteiger partial charge is 0.308 e. The van der Waals surface area contributed by atoms with Crippen LogP contribution in [-0.4, -0.2) is 38.7 Å². The Morgan fingerprint density at radius 2 is 1.74 bits per heavy atom. The zero-order valence-electron chi connectivity index (χ0n) is 25.5. The Kier molecular flexibility index (Phi) is 8.07. The second kappa shape index (κ2) is 11.5. The highest BCUT2D eigenvalue weighted by atomic mass is 19.1. The molecule has 0 unspecified atom stereocenters. The molecule has 3 aromatic heterocycles. The summed E-state index contributed by atoms with van der Waals surface area (Å²) in [6.45, 7) is 11.2. The van der Waals surface area contributed by atoms with Crippen molar-refractivity contribution in [3.8, 4) is 0 Å². The Balaban J connectivity index is 1.60. The minimum atomic E-state index is -0.863. The third-order valence-corrected chi connectivity index (χ3v) is 8.95. The van der Waals surface area contributed by atoms with Gasteiger partial charge in [0.15, 0.2) is 11.9 Å². The third kappa shape index (κ3) is 5.62. The Hall–Kier alpha value is -4.21. The van der Waals surface area contributed by atoms with Gasteiger partial charge in [0.25, 0.3) is 0 Å². The SMILES string of the molecule is CC(C)C(=O)O[C@H]1[C@H](n2ccc3c(N)ncc(F)c32)C[C@](C)([C@@H](C)Cc2ccc3nc(N)ccc3c2)[C@H]1OC(=O)C(C)C. The number of fused-ring (bicyclic) bond motifs is 2. The van der Waals surface area contributed by atoms with Gasteiger partial charge in [-0.05, 0) is 54.7 Å². The van der Waals surface area contributed by atoms with Crippen molar-refractivity contribution in [3.63, 3.8) is 0 Å². The van der Waals surface area contributed by atoms with Crippen LogP contribution in [0.2, 0.25) is 0 Å². The Morgan fingerprint density at radius 3 is 2.44 bits per heavy atom. The number of nitrogen functional groups attached to an aromatic ring is 2. The van der Waals surface area contributed by atoms with E-state index in [9.17, 15) is 9.59 Å². The molecule has 4 N–H and O–H groups in total. The van der Waals surface area contributed by atoms with Crippen LogP contribution >= 0.6 is 0 Å². The number of hydrogen-bond donors (Lipinski definition) is 2. The van der Waals surface area contributed by atoms with Crippen LogP contribution in [0.15, 0.2) is 48.8 Å². The zero-order chi connectivity index (χ0) is 31.2. The van der Waals surface area contributed by atoms with E-state index < -0.39 is 47.3 Å². The first-order valence-corrected chi connectivity index (χ1v) is 14.8. The molecule has 228 valence electrons. The van der Waals surface area contributed by atoms with Crippen LogP contribution in [-0.2, 0) is 25.5 Å². The number of esters is 2. The van der Waals surface area contributed by atoms with Gasteiger partial charge in [0, 0.05) is 22.4 Å². The van der Waals surface area contributed by atoms with Crippen molar-refractivity contribution in [2.75, 3.05) is 11.5 Å². The molecule has 0 aliphatic heterocycles. The fraction of sp³-hybridized carbons (Fsp3) is 0.455. The molecule has 0 spiro atoms. The summed E-state index contributed by atoms with van der Waals surface area (Å²) in [7, 11) is 0. The van der Waals surface area contributed by atoms with Gasteiger partial charge in [-0.3, -0.25) is 9.59 Å². The van der Waals surface area contributed by atoms with Crippen LogP contribution in [0.4, 0.5) is 16.0 Å². The fourth-order valence-corrected chi connectivity index (χ4v) is 6.22. The Morgan fingerprint density at radius 1 is 1.05 bits per heavy atom. The van der Waals surface area contributed by atoms with Gasteiger partial charge in [-0.15, -0.1) is 0 Å². The number of carbonyl (C=O) groups is 2. The lowest BCUT2D eigenvalue weighted by Gasteiger charge is -2.38. The predicted molar refractivity (Wildman–Crippen MR) is 164 cm³/mol. The number of nitrogens with two attached hydrogens (primary N) is 2. The number of benzene rings is 1. The number of carbonyl (C=O) groups excluding carboxylic acids is 2. The van der Waals surface area contributed by atoms with Gasteiger partial charge in [-0.2, -0.15) is 0 Å². The molecule has 0 bridgehead atoms. The van der Waals surface area contributed by atoms with Crippen LogP contribution in [0.5, 0.6) is 0 Å². The summed E-state index contributed by atoms with van der Waals surface area (Å²) in [5.74, 6) is -1.53. The molecule has 1 saturated carbocycles. The van der Waals surface area contributed by atoms with Crippen LogP contribution in [0.3, 0.4) is 0 Å². The first-order chi connectivity index (χ1) is 20.3. The van der Waals surface area contributed by atoms with Gasteiger partial charge < -0.3 is 25.5 Å². The summed E-state index contributed by atoms with van der Waals surface area (Å²) in [4.78, 5) is 34.6. The average Bonchev–Trinajstić information content (AvgIpc) is 3.52. The molecule has 0 saturated heterocycles. The fourth-order valence-electron chi connectivity index (χ4n) is 6.22. The van der Waals surface area contributed by atoms with Crippen molar-refractivity contribution in [3.05, 3.63) is 60.2 Å². The molecule has 5 rings (SSSR count). The highest BCUT2D eigenvalue weighted by Gasteiger charge is 2.58. The lowest BCUT2D eigenvalue weighted by molar-refractivity contribution is -0.179. The number of halogens is 1. The normalized spacial score (nSPS) is 22.9. The van der Waals surface area contributed by atoms with Gasteiger partial charge in [-0.25, -0.2) is 14.4 Å². The molecule has 1 aromatic carbocycles. The van der Waals surface area contributed by atoms with Crippen LogP contribution in [0.1, 0.15) is 59.6 Å². The molecule has 10 heteroatoms. The van der Waals surface area contributed by atoms with Crippen LogP contribution < -0.4 is 11.5 Å². The Bertz CT molecular complexity index is 1680. The third-order valence-electron chi connectivity index (χ3n) is 8.95. The van der Waals surface area contributed by atoms with Gasteiger partial charge in [0.05, 0.1) is 35.1 Å². The number of aromatic nitrogens is 3. The first-order valence-electron chi connectivity index (χ1n) is 14.8. The average molecular weight is 590 g/mol. The van der Waals surface area contributed by atoms with Crippen LogP contribution in [0.25, 0.3) is 21.8 Å². The number of hydrogen-bond acceptors (Lipinski definition) is 8. The molecule has 43 heavy (non-hydrogen) atoms. The summed E-state index contributed by atoms with van der Waals surface area (Å²) in [6, 6.07) is 11.0. The summed E-state index contributed by atoms with van der Waals surface area (Å²) >= 11 is 0. The lowest BCUT2D eigenvalue weighted by atomic mass is 9.72. The second-order valence-electron chi connectivity index (χ2n) is 12.7. The molecular weight excluding hydrogens is 549 g/mol. The standard InChI is InChI=1S/C33H40FN5O4/c1-17(2)31(40)42-28-25(39-12-11-22-27(39)23(34)16-37-30(22)36)15-33(6,29(28)43-32(41)18(3)4)19(5)13-20-7-9-24-21(14-20)8-10-26(35)38-24/h7-12,14,16-19,25,28-29H,13,15H2,1-6H3,(H2,35,38)(H2,36,37)/t19-,25+,28-,29-,33+/m0/s1. The van der Waals surface area contributed by atoms with Crippen molar-refractivity contribution in [1.29, 1.82) is 0 Å². The number of rotatable bonds is 8. The van der Waals surface area contributed by atoms with Crippen LogP contribution in [0, 0.1) is 29.0 Å². The van der Waals surface area contributed by atoms with E-state index in [2.05, 4.69) is 29.9 Å². The summed E-state index contributed by atoms with van der Waals surface area (Å²) < 4.78 is 29.4. The maximum absolute atomic E-state index is 15.3. The van der Waals surface area contributed by atoms with E-state index in [0.717, 1.165) is 22.7 Å². The van der Waals surface area contributed by atoms with Crippen molar-refractivity contribution in [1.82, 2.24) is 14.5 Å². The number of anilines is 2. The van der Waals surface area contributed by atoms with Gasteiger partial charge in [0.2, 0.25) is 0 Å². The minimum absolute atomic E-state index is 0.0414. The monoisotopic (exact) mass is 589 g/mol. The van der Waals surface area contributed by atoms with Gasteiger partial charge in [0.1, 0.15) is 17.7 Å². The largest absolute Gasteiger partial charge is 0.458 e. The quantitative estimate of drug-likeness (QED) is 0.244. The molecular formula is C33H40FN5O4. The molecule has 0 amide bonds. The summed E-state index contributed by atoms with van der Waals surface area (Å²) in [5.41, 5.74) is 13.5. The predicted octanol–water partition coefficient (Wildman–Crippen LogP) is 5.85. The zero-order valence-corrected chi connectivity index (χ0v) is 25.5. The van der Waals surface area contributed by atoms with Gasteiger partial charge in [-0.1, -0.05) is 47.6 Å². The van der Waals surface area contributed by atoms with E-state index in [1.807, 2.05) is 18.2 Å². The maximum atomic E-state index is 15.3. The number of nitrogens with zero attached hydrogens (tertiary/aromatic N) is 3. The minimum Gasteiger partial charge on any atom is -0.458 e. The molecule has 5 atom stereocenters. The lowest BCUT2D eigenvalue weighted by Crippen LogP contribution is -2.45. The molecule has 1 fully saturated rings. The summed E-state index contributed by atoms with van der Waals surface area (Å²) in [5, 5.41) is 1.44. The van der Waals surface area contributed by atoms with Crippen molar-refractivity contribution in [2.24, 2.45) is 23.2 Å². The second-order valence-corrected chi connectivity index (χ2v) is 12.7. The maximum Gasteiger partial charge on any atom is 0.308 e. The molecule has 9 nitrogen and oxygen atoms in total. The highest BCUT2D eigenvalue weighted by molar-refractivity contribution is 5.89. The van der Waals surface area contributed by atoms with Crippen molar-refractivity contribution in [2.45, 2.75) is 72.6 Å². The van der Waals surface area contributed by atoms with Crippen molar-refractivity contribution < 1.29 is 23.5 Å². The van der Waals surface area contributed by atoms with Gasteiger partial charge >= 0.3 is 11.9 Å². The molecule has 0 radical (unpaired) electrons.